The first-order valence-corrected chi connectivity index (χ1v) is 9.41. The van der Waals surface area contributed by atoms with E-state index in [-0.39, 0.29) is 29.8 Å². The predicted molar refractivity (Wildman–Crippen MR) is 101 cm³/mol. The maximum atomic E-state index is 13.0. The van der Waals surface area contributed by atoms with Crippen molar-refractivity contribution in [1.29, 1.82) is 0 Å². The molecule has 3 atom stereocenters. The van der Waals surface area contributed by atoms with Crippen LogP contribution in [0.4, 0.5) is 0 Å². The van der Waals surface area contributed by atoms with Gasteiger partial charge in [0, 0.05) is 11.5 Å². The lowest BCUT2D eigenvalue weighted by Crippen LogP contribution is -2.46. The smallest absolute Gasteiger partial charge is 0.261 e. The van der Waals surface area contributed by atoms with E-state index in [1.807, 2.05) is 24.7 Å². The van der Waals surface area contributed by atoms with Gasteiger partial charge in [-0.2, -0.15) is 0 Å². The number of aromatic nitrogens is 2. The number of nitrogens with zero attached hydrogens (tertiary/aromatic N) is 3. The number of ether oxygens (including phenoxy) is 1. The maximum absolute atomic E-state index is 13.0. The van der Waals surface area contributed by atoms with Crippen LogP contribution in [0.25, 0.3) is 11.3 Å². The second-order valence-corrected chi connectivity index (χ2v) is 7.51. The molecule has 3 aliphatic heterocycles. The molecular formula is C22H17N3O3. The molecule has 0 saturated carbocycles. The molecule has 138 valence electrons. The summed E-state index contributed by atoms with van der Waals surface area (Å²) in [5.74, 6) is -0.477. The molecular weight excluding hydrogens is 354 g/mol. The molecule has 6 heteroatoms. The molecule has 6 nitrogen and oxygen atoms in total. The van der Waals surface area contributed by atoms with E-state index in [1.54, 1.807) is 24.3 Å². The lowest BCUT2D eigenvalue weighted by atomic mass is 9.88. The SMILES string of the molecule is O=C1c2ccccc2C(=O)N1C1COCC1C1c2ccccc2-c2cncn21. The standard InChI is InChI=1S/C22H17N3O3/c26-21-15-7-3-4-8-16(15)22(27)25(21)19-11-28-10-17(19)20-14-6-2-1-5-13(14)18-9-23-12-24(18)20/h1-9,12,17,19-20H,10-11H2. The van der Waals surface area contributed by atoms with Gasteiger partial charge in [0.2, 0.25) is 0 Å². The molecule has 6 rings (SSSR count). The van der Waals surface area contributed by atoms with Gasteiger partial charge in [-0.15, -0.1) is 0 Å². The highest BCUT2D eigenvalue weighted by molar-refractivity contribution is 6.21. The Morgan fingerprint density at radius 2 is 1.57 bits per heavy atom. The van der Waals surface area contributed by atoms with E-state index in [0.717, 1.165) is 11.3 Å². The summed E-state index contributed by atoms with van der Waals surface area (Å²) in [5, 5.41) is 0. The number of hydrogen-bond donors (Lipinski definition) is 0. The monoisotopic (exact) mass is 371 g/mol. The van der Waals surface area contributed by atoms with Crippen molar-refractivity contribution >= 4 is 11.8 Å². The number of carbonyl (C=O) groups excluding carboxylic acids is 2. The Morgan fingerprint density at radius 3 is 2.32 bits per heavy atom. The van der Waals surface area contributed by atoms with E-state index in [0.29, 0.717) is 24.3 Å². The summed E-state index contributed by atoms with van der Waals surface area (Å²) in [5.41, 5.74) is 4.37. The second kappa shape index (κ2) is 5.62. The van der Waals surface area contributed by atoms with Crippen LogP contribution in [0, 0.1) is 5.92 Å². The molecule has 1 fully saturated rings. The fraction of sp³-hybridized carbons (Fsp3) is 0.227. The minimum Gasteiger partial charge on any atom is -0.379 e. The van der Waals surface area contributed by atoms with Crippen LogP contribution < -0.4 is 0 Å². The van der Waals surface area contributed by atoms with Gasteiger partial charge in [0.05, 0.1) is 54.6 Å². The van der Waals surface area contributed by atoms with Crippen LogP contribution in [0.5, 0.6) is 0 Å². The molecule has 1 saturated heterocycles. The number of hydrogen-bond acceptors (Lipinski definition) is 4. The molecule has 0 aliphatic carbocycles. The topological polar surface area (TPSA) is 64.4 Å². The number of benzene rings is 2. The van der Waals surface area contributed by atoms with E-state index in [2.05, 4.69) is 21.7 Å². The Bertz CT molecular complexity index is 1100. The first kappa shape index (κ1) is 15.8. The number of imide groups is 1. The quantitative estimate of drug-likeness (QED) is 0.650. The third-order valence-electron chi connectivity index (χ3n) is 6.18. The van der Waals surface area contributed by atoms with Crippen molar-refractivity contribution in [3.63, 3.8) is 0 Å². The Labute approximate surface area is 161 Å². The van der Waals surface area contributed by atoms with Crippen molar-refractivity contribution in [2.45, 2.75) is 12.1 Å². The first-order chi connectivity index (χ1) is 13.8. The number of carbonyl (C=O) groups is 2. The second-order valence-electron chi connectivity index (χ2n) is 7.51. The molecule has 2 amide bonds. The Morgan fingerprint density at radius 1 is 0.893 bits per heavy atom. The van der Waals surface area contributed by atoms with Gasteiger partial charge in [0.1, 0.15) is 0 Å². The fourth-order valence-electron chi connectivity index (χ4n) is 4.95. The Kier molecular flexibility index (Phi) is 3.17. The number of rotatable bonds is 2. The molecule has 28 heavy (non-hydrogen) atoms. The zero-order valence-electron chi connectivity index (χ0n) is 15.0. The highest BCUT2D eigenvalue weighted by Gasteiger charge is 2.49. The van der Waals surface area contributed by atoms with Crippen molar-refractivity contribution in [1.82, 2.24) is 14.5 Å². The minimum atomic E-state index is -0.307. The molecule has 0 N–H and O–H groups in total. The van der Waals surface area contributed by atoms with Gasteiger partial charge in [-0.3, -0.25) is 14.5 Å². The van der Waals surface area contributed by atoms with Crippen molar-refractivity contribution in [2.24, 2.45) is 5.92 Å². The van der Waals surface area contributed by atoms with E-state index in [4.69, 9.17) is 4.74 Å². The summed E-state index contributed by atoms with van der Waals surface area (Å²) in [7, 11) is 0. The van der Waals surface area contributed by atoms with E-state index >= 15 is 0 Å². The van der Waals surface area contributed by atoms with Gasteiger partial charge in [-0.05, 0) is 17.7 Å². The molecule has 4 heterocycles. The normalized spacial score (nSPS) is 25.1. The number of amides is 2. The summed E-state index contributed by atoms with van der Waals surface area (Å²) >= 11 is 0. The predicted octanol–water partition coefficient (Wildman–Crippen LogP) is 2.76. The average molecular weight is 371 g/mol. The van der Waals surface area contributed by atoms with Crippen LogP contribution in [-0.2, 0) is 4.74 Å². The van der Waals surface area contributed by atoms with Gasteiger partial charge in [-0.1, -0.05) is 36.4 Å². The highest BCUT2D eigenvalue weighted by Crippen LogP contribution is 2.46. The van der Waals surface area contributed by atoms with Crippen LogP contribution >= 0.6 is 0 Å². The fourth-order valence-corrected chi connectivity index (χ4v) is 4.95. The van der Waals surface area contributed by atoms with Gasteiger partial charge in [0.15, 0.2) is 0 Å². The zero-order chi connectivity index (χ0) is 18.8. The van der Waals surface area contributed by atoms with Crippen LogP contribution in [0.15, 0.2) is 61.1 Å². The van der Waals surface area contributed by atoms with E-state index in [9.17, 15) is 9.59 Å². The van der Waals surface area contributed by atoms with Crippen molar-refractivity contribution in [3.05, 3.63) is 77.7 Å². The van der Waals surface area contributed by atoms with Gasteiger partial charge >= 0.3 is 0 Å². The largest absolute Gasteiger partial charge is 0.379 e. The molecule has 1 aromatic heterocycles. The summed E-state index contributed by atoms with van der Waals surface area (Å²) in [6.07, 6.45) is 3.70. The molecule has 3 unspecified atom stereocenters. The Hall–Kier alpha value is -3.25. The van der Waals surface area contributed by atoms with Gasteiger partial charge in [0.25, 0.3) is 11.8 Å². The third kappa shape index (κ3) is 1.93. The first-order valence-electron chi connectivity index (χ1n) is 9.41. The summed E-state index contributed by atoms with van der Waals surface area (Å²) in [4.78, 5) is 31.8. The van der Waals surface area contributed by atoms with Crippen molar-refractivity contribution in [3.8, 4) is 11.3 Å². The lowest BCUT2D eigenvalue weighted by Gasteiger charge is -2.31. The Balaban J connectivity index is 1.43. The molecule has 0 spiro atoms. The third-order valence-corrected chi connectivity index (χ3v) is 6.18. The molecule has 3 aromatic rings. The molecule has 0 bridgehead atoms. The molecule has 0 radical (unpaired) electrons. The van der Waals surface area contributed by atoms with Crippen LogP contribution in [0.3, 0.4) is 0 Å². The summed E-state index contributed by atoms with van der Waals surface area (Å²) in [6.45, 7) is 0.855. The van der Waals surface area contributed by atoms with Crippen molar-refractivity contribution < 1.29 is 14.3 Å². The number of fused-ring (bicyclic) bond motifs is 4. The lowest BCUT2D eigenvalue weighted by molar-refractivity contribution is 0.0532. The zero-order valence-corrected chi connectivity index (χ0v) is 15.0. The highest BCUT2D eigenvalue weighted by atomic mass is 16.5. The maximum Gasteiger partial charge on any atom is 0.261 e. The number of imidazole rings is 1. The van der Waals surface area contributed by atoms with Gasteiger partial charge in [-0.25, -0.2) is 4.98 Å². The van der Waals surface area contributed by atoms with Crippen molar-refractivity contribution in [2.75, 3.05) is 13.2 Å². The van der Waals surface area contributed by atoms with Crippen LogP contribution in [0.2, 0.25) is 0 Å². The summed E-state index contributed by atoms with van der Waals surface area (Å²) in [6, 6.07) is 15.0. The van der Waals surface area contributed by atoms with Crippen LogP contribution in [0.1, 0.15) is 32.3 Å². The van der Waals surface area contributed by atoms with E-state index in [1.165, 1.54) is 10.5 Å². The average Bonchev–Trinajstić information content (AvgIpc) is 3.47. The minimum absolute atomic E-state index is 0.00878. The van der Waals surface area contributed by atoms with E-state index < -0.39 is 0 Å². The van der Waals surface area contributed by atoms with Crippen LogP contribution in [-0.4, -0.2) is 45.5 Å². The van der Waals surface area contributed by atoms with Gasteiger partial charge < -0.3 is 9.30 Å². The molecule has 3 aliphatic rings. The molecule has 2 aromatic carbocycles. The summed E-state index contributed by atoms with van der Waals surface area (Å²) < 4.78 is 7.96.